The Hall–Kier alpha value is -2.21. The number of piperazine rings is 1. The fourth-order valence-corrected chi connectivity index (χ4v) is 3.83. The van der Waals surface area contributed by atoms with Crippen LogP contribution in [0.15, 0.2) is 24.3 Å². The lowest BCUT2D eigenvalue weighted by atomic mass is 10.1. The van der Waals surface area contributed by atoms with Gasteiger partial charge in [-0.25, -0.2) is 9.07 Å². The van der Waals surface area contributed by atoms with Crippen molar-refractivity contribution < 1.29 is 14.1 Å². The van der Waals surface area contributed by atoms with Gasteiger partial charge in [0.1, 0.15) is 5.82 Å². The maximum atomic E-state index is 13.7. The van der Waals surface area contributed by atoms with Crippen LogP contribution in [0.1, 0.15) is 47.4 Å². The molecule has 1 amide bonds. The Balaban J connectivity index is 1.68. The molecule has 1 aromatic carbocycles. The molecule has 1 aromatic heterocycles. The molecule has 0 atom stereocenters. The first-order valence-electron chi connectivity index (χ1n) is 9.56. The number of nitrogens with zero attached hydrogens (tertiary/aromatic N) is 3. The second-order valence-electron chi connectivity index (χ2n) is 7.41. The molecule has 0 spiro atoms. The first-order valence-corrected chi connectivity index (χ1v) is 9.56. The van der Waals surface area contributed by atoms with Gasteiger partial charge in [0.15, 0.2) is 0 Å². The molecule has 2 fully saturated rings. The Labute approximate surface area is 153 Å². The van der Waals surface area contributed by atoms with Crippen LogP contribution in [-0.2, 0) is 0 Å². The predicted molar refractivity (Wildman–Crippen MR) is 97.4 cm³/mol. The summed E-state index contributed by atoms with van der Waals surface area (Å²) in [6, 6.07) is 6.40. The number of hydrogen-bond acceptors (Lipinski definition) is 2. The summed E-state index contributed by atoms with van der Waals surface area (Å²) in [5, 5.41) is 4.73. The number of likely N-dealkylation sites (N-methyl/N-ethyl adjacent to an activating group) is 1. The van der Waals surface area contributed by atoms with Crippen molar-refractivity contribution >= 4 is 5.91 Å². The van der Waals surface area contributed by atoms with E-state index in [0.717, 1.165) is 62.5 Å². The van der Waals surface area contributed by atoms with Crippen LogP contribution in [0, 0.1) is 12.7 Å². The van der Waals surface area contributed by atoms with E-state index in [1.54, 1.807) is 15.6 Å². The van der Waals surface area contributed by atoms with E-state index in [9.17, 15) is 9.18 Å². The van der Waals surface area contributed by atoms with Crippen LogP contribution in [0.25, 0.3) is 5.69 Å². The van der Waals surface area contributed by atoms with Crippen molar-refractivity contribution in [2.24, 2.45) is 0 Å². The minimum Gasteiger partial charge on any atom is -0.332 e. The molecule has 5 nitrogen and oxygen atoms in total. The molecule has 1 aliphatic carbocycles. The largest absolute Gasteiger partial charge is 0.332 e. The molecule has 138 valence electrons. The smallest absolute Gasteiger partial charge is 0.258 e. The van der Waals surface area contributed by atoms with Crippen molar-refractivity contribution in [2.45, 2.75) is 32.6 Å². The molecule has 2 heterocycles. The average molecular weight is 357 g/mol. The maximum absolute atomic E-state index is 13.7. The van der Waals surface area contributed by atoms with Gasteiger partial charge in [0, 0.05) is 5.92 Å². The number of halogens is 1. The Morgan fingerprint density at radius 3 is 2.65 bits per heavy atom. The van der Waals surface area contributed by atoms with Crippen LogP contribution >= 0.6 is 0 Å². The molecular weight excluding hydrogens is 331 g/mol. The van der Waals surface area contributed by atoms with E-state index in [1.807, 2.05) is 17.9 Å². The summed E-state index contributed by atoms with van der Waals surface area (Å²) in [5.41, 5.74) is 3.11. The Morgan fingerprint density at radius 2 is 2.04 bits per heavy atom. The van der Waals surface area contributed by atoms with Crippen LogP contribution < -0.4 is 4.90 Å². The van der Waals surface area contributed by atoms with E-state index in [-0.39, 0.29) is 11.7 Å². The number of amides is 1. The van der Waals surface area contributed by atoms with Gasteiger partial charge in [-0.05, 0) is 44.9 Å². The Morgan fingerprint density at radius 1 is 1.31 bits per heavy atom. The summed E-state index contributed by atoms with van der Waals surface area (Å²) in [6.07, 6.45) is 2.15. The average Bonchev–Trinajstić information content (AvgIpc) is 3.44. The van der Waals surface area contributed by atoms with Crippen molar-refractivity contribution in [3.8, 4) is 5.69 Å². The molecule has 6 heteroatoms. The summed E-state index contributed by atoms with van der Waals surface area (Å²) in [7, 11) is 0. The zero-order chi connectivity index (χ0) is 18.3. The molecule has 1 saturated heterocycles. The van der Waals surface area contributed by atoms with Crippen LogP contribution in [0.2, 0.25) is 0 Å². The van der Waals surface area contributed by atoms with E-state index in [4.69, 9.17) is 5.10 Å². The summed E-state index contributed by atoms with van der Waals surface area (Å²) in [6.45, 7) is 8.78. The lowest BCUT2D eigenvalue weighted by Crippen LogP contribution is -3.14. The van der Waals surface area contributed by atoms with Gasteiger partial charge >= 0.3 is 0 Å². The van der Waals surface area contributed by atoms with Crippen molar-refractivity contribution in [3.63, 3.8) is 0 Å². The Kier molecular flexibility index (Phi) is 4.53. The van der Waals surface area contributed by atoms with Crippen LogP contribution in [0.3, 0.4) is 0 Å². The number of hydrogen-bond donors (Lipinski definition) is 1. The van der Waals surface area contributed by atoms with Gasteiger partial charge in [0.05, 0.1) is 55.4 Å². The molecule has 2 aromatic rings. The van der Waals surface area contributed by atoms with Gasteiger partial charge in [0.25, 0.3) is 5.91 Å². The summed E-state index contributed by atoms with van der Waals surface area (Å²) < 4.78 is 15.4. The highest BCUT2D eigenvalue weighted by Crippen LogP contribution is 2.42. The van der Waals surface area contributed by atoms with E-state index in [1.165, 1.54) is 12.1 Å². The summed E-state index contributed by atoms with van der Waals surface area (Å²) in [4.78, 5) is 16.8. The quantitative estimate of drug-likeness (QED) is 0.902. The minimum absolute atomic E-state index is 0.0854. The fourth-order valence-electron chi connectivity index (χ4n) is 3.83. The monoisotopic (exact) mass is 357 g/mol. The highest BCUT2D eigenvalue weighted by Gasteiger charge is 2.36. The zero-order valence-electron chi connectivity index (χ0n) is 15.5. The second-order valence-corrected chi connectivity index (χ2v) is 7.41. The molecular formula is C20H26FN4O+. The summed E-state index contributed by atoms with van der Waals surface area (Å²) >= 11 is 0. The molecule has 4 rings (SSSR count). The third kappa shape index (κ3) is 3.14. The normalized spacial score (nSPS) is 18.3. The highest BCUT2D eigenvalue weighted by molar-refractivity contribution is 5.97. The number of carbonyl (C=O) groups excluding carboxylic acids is 1. The van der Waals surface area contributed by atoms with Gasteiger partial charge < -0.3 is 9.80 Å². The van der Waals surface area contributed by atoms with Crippen LogP contribution in [0.4, 0.5) is 4.39 Å². The molecule has 0 radical (unpaired) electrons. The SMILES string of the molecule is CC[NH+]1CCN(C(=O)c2c(C3CC3)nn(-c3cccc(F)c3)c2C)CC1. The van der Waals surface area contributed by atoms with Gasteiger partial charge in [-0.3, -0.25) is 4.79 Å². The van der Waals surface area contributed by atoms with Gasteiger partial charge in [0.2, 0.25) is 0 Å². The first kappa shape index (κ1) is 17.2. The maximum Gasteiger partial charge on any atom is 0.258 e. The van der Waals surface area contributed by atoms with Crippen molar-refractivity contribution in [2.75, 3.05) is 32.7 Å². The second kappa shape index (κ2) is 6.83. The number of quaternary nitrogens is 1. The van der Waals surface area contributed by atoms with Gasteiger partial charge in [-0.15, -0.1) is 0 Å². The van der Waals surface area contributed by atoms with E-state index < -0.39 is 0 Å². The standard InChI is InChI=1S/C20H25FN4O/c1-3-23-9-11-24(12-10-23)20(26)18-14(2)25(22-19(18)15-7-8-15)17-6-4-5-16(21)13-17/h4-6,13,15H,3,7-12H2,1-2H3/p+1. The molecule has 2 aliphatic rings. The minimum atomic E-state index is -0.295. The number of benzene rings is 1. The third-order valence-electron chi connectivity index (χ3n) is 5.63. The topological polar surface area (TPSA) is 42.6 Å². The predicted octanol–water partition coefficient (Wildman–Crippen LogP) is 1.56. The van der Waals surface area contributed by atoms with Crippen LogP contribution in [0.5, 0.6) is 0 Å². The van der Waals surface area contributed by atoms with Gasteiger partial charge in [-0.2, -0.15) is 5.10 Å². The molecule has 0 unspecified atom stereocenters. The molecule has 26 heavy (non-hydrogen) atoms. The number of aromatic nitrogens is 2. The molecule has 1 saturated carbocycles. The lowest BCUT2D eigenvalue weighted by Gasteiger charge is -2.31. The lowest BCUT2D eigenvalue weighted by molar-refractivity contribution is -0.902. The van der Waals surface area contributed by atoms with E-state index >= 15 is 0 Å². The van der Waals surface area contributed by atoms with Crippen molar-refractivity contribution in [1.82, 2.24) is 14.7 Å². The molecule has 0 bridgehead atoms. The zero-order valence-corrected chi connectivity index (χ0v) is 15.5. The molecule has 1 aliphatic heterocycles. The van der Waals surface area contributed by atoms with Gasteiger partial charge in [-0.1, -0.05) is 6.07 Å². The molecule has 1 N–H and O–H groups in total. The third-order valence-corrected chi connectivity index (χ3v) is 5.63. The highest BCUT2D eigenvalue weighted by atomic mass is 19.1. The summed E-state index contributed by atoms with van der Waals surface area (Å²) in [5.74, 6) is 0.157. The van der Waals surface area contributed by atoms with Crippen molar-refractivity contribution in [1.29, 1.82) is 0 Å². The van der Waals surface area contributed by atoms with Crippen molar-refractivity contribution in [3.05, 3.63) is 47.0 Å². The van der Waals surface area contributed by atoms with Crippen LogP contribution in [-0.4, -0.2) is 53.3 Å². The number of nitrogens with one attached hydrogen (secondary N) is 1. The van der Waals surface area contributed by atoms with E-state index in [0.29, 0.717) is 11.6 Å². The number of rotatable bonds is 4. The Bertz CT molecular complexity index is 819. The first-order chi connectivity index (χ1) is 12.6. The fraction of sp³-hybridized carbons (Fsp3) is 0.500. The number of carbonyl (C=O) groups is 1. The van der Waals surface area contributed by atoms with E-state index in [2.05, 4.69) is 6.92 Å².